The molecule has 0 aliphatic carbocycles. The molecule has 4 nitrogen and oxygen atoms in total. The van der Waals surface area contributed by atoms with Crippen molar-refractivity contribution in [2.24, 2.45) is 0 Å². The Kier molecular flexibility index (Phi) is 4.47. The molecule has 0 radical (unpaired) electrons. The van der Waals surface area contributed by atoms with Crippen molar-refractivity contribution in [3.8, 4) is 0 Å². The van der Waals surface area contributed by atoms with Crippen molar-refractivity contribution >= 4 is 39.8 Å². The van der Waals surface area contributed by atoms with E-state index in [4.69, 9.17) is 16.0 Å². The summed E-state index contributed by atoms with van der Waals surface area (Å²) in [5, 5.41) is 12.6. The first-order valence-corrected chi connectivity index (χ1v) is 6.98. The minimum atomic E-state index is 0.606. The van der Waals surface area contributed by atoms with E-state index in [0.717, 1.165) is 15.2 Å². The lowest BCUT2D eigenvalue weighted by Crippen LogP contribution is -1.96. The normalized spacial score (nSPS) is 10.4. The molecule has 0 saturated heterocycles. The van der Waals surface area contributed by atoms with Crippen LogP contribution in [0.25, 0.3) is 0 Å². The van der Waals surface area contributed by atoms with Gasteiger partial charge in [-0.05, 0) is 12.1 Å². The van der Waals surface area contributed by atoms with E-state index in [1.54, 1.807) is 6.26 Å². The number of halogens is 1. The van der Waals surface area contributed by atoms with Crippen LogP contribution in [0.1, 0.15) is 5.76 Å². The topological polar surface area (TPSA) is 51.0 Å². The van der Waals surface area contributed by atoms with Crippen LogP contribution in [-0.2, 0) is 6.54 Å². The number of rotatable bonds is 6. The Morgan fingerprint density at radius 1 is 1.59 bits per heavy atom. The van der Waals surface area contributed by atoms with Crippen molar-refractivity contribution < 1.29 is 4.42 Å². The Morgan fingerprint density at radius 2 is 2.47 bits per heavy atom. The zero-order valence-electron chi connectivity index (χ0n) is 8.85. The number of aromatic nitrogens is 2. The van der Waals surface area contributed by atoms with Crippen molar-refractivity contribution in [2.75, 3.05) is 11.1 Å². The van der Waals surface area contributed by atoms with Gasteiger partial charge >= 0.3 is 0 Å². The van der Waals surface area contributed by atoms with Crippen molar-refractivity contribution in [3.63, 3.8) is 0 Å². The van der Waals surface area contributed by atoms with E-state index in [9.17, 15) is 0 Å². The third-order valence-corrected chi connectivity index (χ3v) is 4.15. The number of nitrogens with one attached hydrogen (secondary N) is 1. The second kappa shape index (κ2) is 6.09. The summed E-state index contributed by atoms with van der Waals surface area (Å²) in [6.07, 6.45) is 1.64. The number of thioether (sulfide) groups is 1. The van der Waals surface area contributed by atoms with Crippen LogP contribution < -0.4 is 5.32 Å². The average Bonchev–Trinajstić information content (AvgIpc) is 2.95. The minimum absolute atomic E-state index is 0.606. The van der Waals surface area contributed by atoms with Crippen LogP contribution in [0.5, 0.6) is 0 Å². The van der Waals surface area contributed by atoms with Crippen LogP contribution in [0.4, 0.5) is 5.13 Å². The average molecular weight is 288 g/mol. The summed E-state index contributed by atoms with van der Waals surface area (Å²) in [6.45, 7) is 4.23. The molecule has 7 heteroatoms. The Hall–Kier alpha value is -0.980. The molecular weight excluding hydrogens is 278 g/mol. The summed E-state index contributed by atoms with van der Waals surface area (Å²) in [6, 6.07) is 3.76. The number of hydrogen-bond acceptors (Lipinski definition) is 6. The van der Waals surface area contributed by atoms with Crippen LogP contribution in [0.2, 0.25) is 0 Å². The molecule has 0 fully saturated rings. The molecule has 17 heavy (non-hydrogen) atoms. The van der Waals surface area contributed by atoms with Gasteiger partial charge in [-0.3, -0.25) is 0 Å². The van der Waals surface area contributed by atoms with Gasteiger partial charge in [-0.15, -0.1) is 10.2 Å². The van der Waals surface area contributed by atoms with E-state index in [2.05, 4.69) is 22.1 Å². The van der Waals surface area contributed by atoms with Crippen LogP contribution in [0, 0.1) is 0 Å². The molecule has 0 atom stereocenters. The summed E-state index contributed by atoms with van der Waals surface area (Å²) in [5.74, 6) is 1.51. The molecule has 2 aromatic rings. The van der Waals surface area contributed by atoms with Crippen molar-refractivity contribution in [3.05, 3.63) is 35.8 Å². The van der Waals surface area contributed by atoms with Crippen molar-refractivity contribution in [1.82, 2.24) is 10.2 Å². The first-order valence-electron chi connectivity index (χ1n) is 4.80. The minimum Gasteiger partial charge on any atom is -0.467 e. The second-order valence-electron chi connectivity index (χ2n) is 3.11. The molecule has 0 bridgehead atoms. The van der Waals surface area contributed by atoms with Crippen LogP contribution in [0.15, 0.2) is 38.8 Å². The van der Waals surface area contributed by atoms with E-state index in [1.807, 2.05) is 12.1 Å². The van der Waals surface area contributed by atoms with Gasteiger partial charge in [0.15, 0.2) is 4.34 Å². The lowest BCUT2D eigenvalue weighted by atomic mass is 10.4. The lowest BCUT2D eigenvalue weighted by molar-refractivity contribution is 0.518. The molecule has 0 aliphatic heterocycles. The fraction of sp³-hybridized carbons (Fsp3) is 0.200. The van der Waals surface area contributed by atoms with Crippen molar-refractivity contribution in [2.45, 2.75) is 10.9 Å². The van der Waals surface area contributed by atoms with E-state index in [0.29, 0.717) is 17.3 Å². The van der Waals surface area contributed by atoms with Crippen molar-refractivity contribution in [1.29, 1.82) is 0 Å². The van der Waals surface area contributed by atoms with E-state index in [-0.39, 0.29) is 0 Å². The molecule has 0 amide bonds. The summed E-state index contributed by atoms with van der Waals surface area (Å²) in [7, 11) is 0. The monoisotopic (exact) mass is 287 g/mol. The van der Waals surface area contributed by atoms with Gasteiger partial charge < -0.3 is 9.73 Å². The highest BCUT2D eigenvalue weighted by Gasteiger charge is 2.05. The highest BCUT2D eigenvalue weighted by molar-refractivity contribution is 8.01. The molecule has 0 unspecified atom stereocenters. The van der Waals surface area contributed by atoms with Gasteiger partial charge in [-0.25, -0.2) is 0 Å². The molecule has 90 valence electrons. The van der Waals surface area contributed by atoms with Gasteiger partial charge in [0, 0.05) is 10.8 Å². The Morgan fingerprint density at radius 3 is 3.18 bits per heavy atom. The fourth-order valence-corrected chi connectivity index (χ4v) is 2.72. The second-order valence-corrected chi connectivity index (χ2v) is 5.85. The maximum atomic E-state index is 5.68. The maximum absolute atomic E-state index is 5.68. The predicted molar refractivity (Wildman–Crippen MR) is 71.7 cm³/mol. The van der Waals surface area contributed by atoms with Gasteiger partial charge in [-0.2, -0.15) is 0 Å². The van der Waals surface area contributed by atoms with E-state index >= 15 is 0 Å². The smallest absolute Gasteiger partial charge is 0.206 e. The third kappa shape index (κ3) is 4.07. The fourth-order valence-electron chi connectivity index (χ4n) is 1.06. The predicted octanol–water partition coefficient (Wildman–Crippen LogP) is 3.59. The van der Waals surface area contributed by atoms with Gasteiger partial charge in [0.25, 0.3) is 0 Å². The van der Waals surface area contributed by atoms with Gasteiger partial charge in [-0.1, -0.05) is 41.3 Å². The Balaban J connectivity index is 1.83. The number of hydrogen-bond donors (Lipinski definition) is 1. The Labute approximate surface area is 112 Å². The Bertz CT molecular complexity index is 483. The molecule has 2 rings (SSSR count). The van der Waals surface area contributed by atoms with E-state index in [1.165, 1.54) is 23.1 Å². The maximum Gasteiger partial charge on any atom is 0.206 e. The first-order chi connectivity index (χ1) is 8.24. The molecule has 0 aliphatic rings. The van der Waals surface area contributed by atoms with Gasteiger partial charge in [0.1, 0.15) is 5.76 Å². The molecule has 1 N–H and O–H groups in total. The summed E-state index contributed by atoms with van der Waals surface area (Å²) in [5.41, 5.74) is 0. The highest BCUT2D eigenvalue weighted by atomic mass is 35.5. The summed E-state index contributed by atoms with van der Waals surface area (Å²) < 4.78 is 6.07. The number of nitrogens with zero attached hydrogens (tertiary/aromatic N) is 2. The van der Waals surface area contributed by atoms with Gasteiger partial charge in [0.2, 0.25) is 5.13 Å². The van der Waals surface area contributed by atoms with Crippen LogP contribution in [-0.4, -0.2) is 16.0 Å². The standard InChI is InChI=1S/C10H10ClN3OS2/c1-7(11)6-16-10-14-13-9(17-10)12-5-8-3-2-4-15-8/h2-4H,1,5-6H2,(H,12,13). The molecule has 2 heterocycles. The molecule has 0 aromatic carbocycles. The molecule has 0 saturated carbocycles. The zero-order valence-corrected chi connectivity index (χ0v) is 11.2. The zero-order chi connectivity index (χ0) is 12.1. The molecule has 2 aromatic heterocycles. The SMILES string of the molecule is C=C(Cl)CSc1nnc(NCc2ccco2)s1. The van der Waals surface area contributed by atoms with Crippen LogP contribution >= 0.6 is 34.7 Å². The summed E-state index contributed by atoms with van der Waals surface area (Å²) >= 11 is 8.68. The number of furan rings is 1. The lowest BCUT2D eigenvalue weighted by Gasteiger charge is -1.96. The molecule has 0 spiro atoms. The largest absolute Gasteiger partial charge is 0.467 e. The highest BCUT2D eigenvalue weighted by Crippen LogP contribution is 2.27. The summed E-state index contributed by atoms with van der Waals surface area (Å²) in [4.78, 5) is 0. The third-order valence-electron chi connectivity index (χ3n) is 1.75. The molecular formula is C10H10ClN3OS2. The first kappa shape index (κ1) is 12.5. The van der Waals surface area contributed by atoms with E-state index < -0.39 is 0 Å². The quantitative estimate of drug-likeness (QED) is 0.823. The van der Waals surface area contributed by atoms with Gasteiger partial charge in [0.05, 0.1) is 12.8 Å². The number of anilines is 1. The van der Waals surface area contributed by atoms with Crippen LogP contribution in [0.3, 0.4) is 0 Å².